The molecule has 0 aromatic carbocycles. The van der Waals surface area contributed by atoms with Crippen molar-refractivity contribution in [2.75, 3.05) is 13.2 Å². The van der Waals surface area contributed by atoms with Crippen LogP contribution in [-0.4, -0.2) is 13.2 Å². The van der Waals surface area contributed by atoms with Gasteiger partial charge in [0, 0.05) is 6.61 Å². The van der Waals surface area contributed by atoms with Crippen LogP contribution in [0.25, 0.3) is 0 Å². The van der Waals surface area contributed by atoms with E-state index < -0.39 is 0 Å². The number of hydrogen-bond acceptors (Lipinski definition) is 1. The fourth-order valence-electron chi connectivity index (χ4n) is 0.875. The van der Waals surface area contributed by atoms with Crippen molar-refractivity contribution in [3.05, 3.63) is 11.6 Å². The maximum absolute atomic E-state index is 5.26. The Morgan fingerprint density at radius 3 is 2.64 bits per heavy atom. The summed E-state index contributed by atoms with van der Waals surface area (Å²) >= 11 is 0. The van der Waals surface area contributed by atoms with Crippen LogP contribution in [0.3, 0.4) is 0 Å². The molecule has 0 saturated carbocycles. The highest BCUT2D eigenvalue weighted by molar-refractivity contribution is 4.97. The van der Waals surface area contributed by atoms with Crippen molar-refractivity contribution >= 4 is 0 Å². The quantitative estimate of drug-likeness (QED) is 0.424. The van der Waals surface area contributed by atoms with Gasteiger partial charge in [0.1, 0.15) is 0 Å². The molecule has 0 spiro atoms. The summed E-state index contributed by atoms with van der Waals surface area (Å²) in [5.41, 5.74) is 1.36. The maximum Gasteiger partial charge on any atom is 0.0673 e. The topological polar surface area (TPSA) is 9.23 Å². The summed E-state index contributed by atoms with van der Waals surface area (Å²) in [6, 6.07) is 0. The van der Waals surface area contributed by atoms with Crippen LogP contribution in [0.1, 0.15) is 40.0 Å². The summed E-state index contributed by atoms with van der Waals surface area (Å²) in [7, 11) is 0. The van der Waals surface area contributed by atoms with E-state index in [0.717, 1.165) is 13.2 Å². The molecule has 0 fully saturated rings. The molecule has 0 amide bonds. The Kier molecular flexibility index (Phi) is 7.59. The fourth-order valence-corrected chi connectivity index (χ4v) is 0.875. The van der Waals surface area contributed by atoms with Crippen LogP contribution in [0.15, 0.2) is 11.6 Å². The molecule has 0 aliphatic rings. The van der Waals surface area contributed by atoms with Crippen molar-refractivity contribution in [3.63, 3.8) is 0 Å². The summed E-state index contributed by atoms with van der Waals surface area (Å²) < 4.78 is 5.26. The molecule has 0 unspecified atom stereocenters. The molecule has 0 heterocycles. The zero-order valence-electron chi connectivity index (χ0n) is 8.02. The van der Waals surface area contributed by atoms with Gasteiger partial charge in [0.2, 0.25) is 0 Å². The van der Waals surface area contributed by atoms with Crippen LogP contribution in [0.2, 0.25) is 0 Å². The van der Waals surface area contributed by atoms with E-state index in [-0.39, 0.29) is 0 Å². The smallest absolute Gasteiger partial charge is 0.0673 e. The summed E-state index contributed by atoms with van der Waals surface area (Å²) in [6.07, 6.45) is 6.05. The second-order valence-corrected chi connectivity index (χ2v) is 2.83. The molecule has 0 bridgehead atoms. The van der Waals surface area contributed by atoms with Gasteiger partial charge < -0.3 is 4.74 Å². The third-order valence-corrected chi connectivity index (χ3v) is 1.58. The summed E-state index contributed by atoms with van der Waals surface area (Å²) in [6.45, 7) is 8.00. The predicted molar refractivity (Wildman–Crippen MR) is 49.8 cm³/mol. The van der Waals surface area contributed by atoms with Gasteiger partial charge in [0.15, 0.2) is 0 Å². The minimum Gasteiger partial charge on any atom is -0.377 e. The van der Waals surface area contributed by atoms with Crippen molar-refractivity contribution in [2.45, 2.75) is 40.0 Å². The fraction of sp³-hybridized carbons (Fsp3) is 0.800. The molecule has 11 heavy (non-hydrogen) atoms. The highest BCUT2D eigenvalue weighted by Crippen LogP contribution is 2.00. The Morgan fingerprint density at radius 2 is 2.09 bits per heavy atom. The van der Waals surface area contributed by atoms with E-state index in [1.165, 1.54) is 24.8 Å². The highest BCUT2D eigenvalue weighted by Gasteiger charge is 1.87. The first-order valence-corrected chi connectivity index (χ1v) is 4.54. The molecule has 0 rings (SSSR count). The lowest BCUT2D eigenvalue weighted by Crippen LogP contribution is -1.94. The van der Waals surface area contributed by atoms with Gasteiger partial charge in [0.25, 0.3) is 0 Å². The molecule has 0 N–H and O–H groups in total. The van der Waals surface area contributed by atoms with E-state index in [2.05, 4.69) is 19.9 Å². The Morgan fingerprint density at radius 1 is 1.36 bits per heavy atom. The zero-order valence-corrected chi connectivity index (χ0v) is 8.02. The van der Waals surface area contributed by atoms with Crippen LogP contribution in [0.4, 0.5) is 0 Å². The third kappa shape index (κ3) is 7.60. The molecule has 0 atom stereocenters. The molecular weight excluding hydrogens is 136 g/mol. The van der Waals surface area contributed by atoms with Gasteiger partial charge in [-0.15, -0.1) is 0 Å². The Hall–Kier alpha value is -0.300. The molecule has 0 aromatic rings. The van der Waals surface area contributed by atoms with Gasteiger partial charge in [-0.1, -0.05) is 31.4 Å². The number of unbranched alkanes of at least 4 members (excludes halogenated alkanes) is 2. The molecule has 0 saturated heterocycles. The first-order chi connectivity index (χ1) is 5.31. The number of hydrogen-bond donors (Lipinski definition) is 0. The van der Waals surface area contributed by atoms with E-state index in [1.807, 2.05) is 6.92 Å². The molecule has 0 aliphatic carbocycles. The van der Waals surface area contributed by atoms with E-state index >= 15 is 0 Å². The Bertz CT molecular complexity index is 105. The summed E-state index contributed by atoms with van der Waals surface area (Å²) in [4.78, 5) is 0. The van der Waals surface area contributed by atoms with Crippen LogP contribution >= 0.6 is 0 Å². The van der Waals surface area contributed by atoms with E-state index in [9.17, 15) is 0 Å². The lowest BCUT2D eigenvalue weighted by atomic mass is 10.2. The average molecular weight is 156 g/mol. The largest absolute Gasteiger partial charge is 0.377 e. The van der Waals surface area contributed by atoms with Crippen LogP contribution in [-0.2, 0) is 4.74 Å². The molecule has 1 heteroatoms. The second-order valence-electron chi connectivity index (χ2n) is 2.83. The molecule has 0 radical (unpaired) electrons. The maximum atomic E-state index is 5.26. The SMILES string of the molecule is CCCCC=C(C)COCC. The van der Waals surface area contributed by atoms with Crippen LogP contribution < -0.4 is 0 Å². The predicted octanol–water partition coefficient (Wildman–Crippen LogP) is 3.16. The van der Waals surface area contributed by atoms with Crippen molar-refractivity contribution in [3.8, 4) is 0 Å². The minimum absolute atomic E-state index is 0.806. The Balaban J connectivity index is 3.30. The minimum atomic E-state index is 0.806. The van der Waals surface area contributed by atoms with Crippen molar-refractivity contribution in [2.24, 2.45) is 0 Å². The second kappa shape index (κ2) is 7.80. The van der Waals surface area contributed by atoms with E-state index in [0.29, 0.717) is 0 Å². The van der Waals surface area contributed by atoms with Gasteiger partial charge in [-0.2, -0.15) is 0 Å². The van der Waals surface area contributed by atoms with Crippen molar-refractivity contribution < 1.29 is 4.74 Å². The molecule has 0 aromatic heterocycles. The molecule has 66 valence electrons. The lowest BCUT2D eigenvalue weighted by molar-refractivity contribution is 0.170. The number of ether oxygens (including phenoxy) is 1. The van der Waals surface area contributed by atoms with Gasteiger partial charge in [-0.25, -0.2) is 0 Å². The third-order valence-electron chi connectivity index (χ3n) is 1.58. The molecular formula is C10H20O. The van der Waals surface area contributed by atoms with Crippen LogP contribution in [0, 0.1) is 0 Å². The van der Waals surface area contributed by atoms with Crippen molar-refractivity contribution in [1.29, 1.82) is 0 Å². The average Bonchev–Trinajstić information content (AvgIpc) is 2.01. The van der Waals surface area contributed by atoms with Gasteiger partial charge in [0.05, 0.1) is 6.61 Å². The molecule has 1 nitrogen and oxygen atoms in total. The van der Waals surface area contributed by atoms with E-state index in [4.69, 9.17) is 4.74 Å². The van der Waals surface area contributed by atoms with Crippen molar-refractivity contribution in [1.82, 2.24) is 0 Å². The van der Waals surface area contributed by atoms with Gasteiger partial charge >= 0.3 is 0 Å². The normalized spacial score (nSPS) is 12.1. The first-order valence-electron chi connectivity index (χ1n) is 4.54. The summed E-state index contributed by atoms with van der Waals surface area (Å²) in [5.74, 6) is 0. The van der Waals surface area contributed by atoms with Crippen LogP contribution in [0.5, 0.6) is 0 Å². The monoisotopic (exact) mass is 156 g/mol. The van der Waals surface area contributed by atoms with Gasteiger partial charge in [-0.05, 0) is 20.3 Å². The number of rotatable bonds is 6. The number of allylic oxidation sites excluding steroid dienone is 1. The van der Waals surface area contributed by atoms with E-state index in [1.54, 1.807) is 0 Å². The Labute approximate surface area is 70.4 Å². The zero-order chi connectivity index (χ0) is 8.53. The highest BCUT2D eigenvalue weighted by atomic mass is 16.5. The standard InChI is InChI=1S/C10H20O/c1-4-6-7-8-10(3)9-11-5-2/h8H,4-7,9H2,1-3H3. The van der Waals surface area contributed by atoms with Gasteiger partial charge in [-0.3, -0.25) is 0 Å². The summed E-state index contributed by atoms with van der Waals surface area (Å²) in [5, 5.41) is 0. The lowest BCUT2D eigenvalue weighted by Gasteiger charge is -2.00. The molecule has 0 aliphatic heterocycles. The first kappa shape index (κ1) is 10.7.